The van der Waals surface area contributed by atoms with Gasteiger partial charge in [-0.1, -0.05) is 0 Å². The minimum Gasteiger partial charge on any atom is -0.381 e. The van der Waals surface area contributed by atoms with Gasteiger partial charge in [0.05, 0.1) is 0 Å². The third kappa shape index (κ3) is 4.79. The summed E-state index contributed by atoms with van der Waals surface area (Å²) >= 11 is 0. The molecular weight excluding hydrogens is 390 g/mol. The Kier molecular flexibility index (Phi) is 6.65. The van der Waals surface area contributed by atoms with Crippen LogP contribution in [-0.4, -0.2) is 54.1 Å². The molecule has 2 aliphatic rings. The van der Waals surface area contributed by atoms with E-state index in [2.05, 4.69) is 30.8 Å². The average Bonchev–Trinajstić information content (AvgIpc) is 3.01. The summed E-state index contributed by atoms with van der Waals surface area (Å²) in [6.07, 6.45) is 4.51. The number of piperidine rings is 1. The zero-order valence-electron chi connectivity index (χ0n) is 19.1. The first-order valence-corrected chi connectivity index (χ1v) is 11.6. The van der Waals surface area contributed by atoms with Gasteiger partial charge in [-0.3, -0.25) is 9.59 Å². The molecule has 0 radical (unpaired) electrons. The Morgan fingerprint density at radius 1 is 1.13 bits per heavy atom. The quantitative estimate of drug-likeness (QED) is 0.796. The van der Waals surface area contributed by atoms with Gasteiger partial charge in [0.25, 0.3) is 5.91 Å². The molecule has 1 aromatic heterocycles. The van der Waals surface area contributed by atoms with E-state index >= 15 is 0 Å². The highest BCUT2D eigenvalue weighted by Gasteiger charge is 2.27. The van der Waals surface area contributed by atoms with Crippen molar-refractivity contribution in [2.45, 2.75) is 46.0 Å². The van der Waals surface area contributed by atoms with Gasteiger partial charge in [-0.05, 0) is 75.1 Å². The van der Waals surface area contributed by atoms with Gasteiger partial charge >= 0.3 is 0 Å². The van der Waals surface area contributed by atoms with Crippen molar-refractivity contribution in [3.8, 4) is 0 Å². The van der Waals surface area contributed by atoms with Gasteiger partial charge in [0, 0.05) is 68.5 Å². The van der Waals surface area contributed by atoms with Crippen LogP contribution >= 0.6 is 0 Å². The third-order valence-corrected chi connectivity index (χ3v) is 7.26. The minimum atomic E-state index is 0.0788. The molecule has 2 saturated heterocycles. The van der Waals surface area contributed by atoms with Gasteiger partial charge in [-0.25, -0.2) is 0 Å². The minimum absolute atomic E-state index is 0.0788. The van der Waals surface area contributed by atoms with E-state index in [1.807, 2.05) is 23.1 Å². The van der Waals surface area contributed by atoms with Crippen molar-refractivity contribution in [3.63, 3.8) is 0 Å². The molecule has 0 bridgehead atoms. The molecule has 31 heavy (non-hydrogen) atoms. The smallest absolute Gasteiger partial charge is 0.253 e. The number of ether oxygens (including phenoxy) is 1. The number of benzene rings is 1. The number of likely N-dealkylation sites (tertiary alicyclic amines) is 1. The fourth-order valence-corrected chi connectivity index (χ4v) is 5.03. The number of hydrogen-bond donors (Lipinski definition) is 1. The molecule has 0 saturated carbocycles. The van der Waals surface area contributed by atoms with Crippen molar-refractivity contribution in [1.82, 2.24) is 14.8 Å². The Labute approximate surface area is 184 Å². The lowest BCUT2D eigenvalue weighted by Crippen LogP contribution is -2.42. The molecule has 1 aromatic carbocycles. The molecule has 1 atom stereocenters. The van der Waals surface area contributed by atoms with Gasteiger partial charge in [-0.2, -0.15) is 0 Å². The van der Waals surface area contributed by atoms with Gasteiger partial charge in [0.2, 0.25) is 5.91 Å². The van der Waals surface area contributed by atoms with Crippen molar-refractivity contribution < 1.29 is 14.3 Å². The van der Waals surface area contributed by atoms with Crippen LogP contribution in [0.4, 0.5) is 0 Å². The van der Waals surface area contributed by atoms with E-state index in [9.17, 15) is 9.59 Å². The summed E-state index contributed by atoms with van der Waals surface area (Å²) in [5.41, 5.74) is 4.35. The first kappa shape index (κ1) is 21.9. The summed E-state index contributed by atoms with van der Waals surface area (Å²) < 4.78 is 7.56. The lowest BCUT2D eigenvalue weighted by molar-refractivity contribution is -0.122. The van der Waals surface area contributed by atoms with E-state index in [0.717, 1.165) is 68.5 Å². The van der Waals surface area contributed by atoms with E-state index in [0.29, 0.717) is 18.9 Å². The number of fused-ring (bicyclic) bond motifs is 1. The second-order valence-electron chi connectivity index (χ2n) is 9.32. The molecule has 0 spiro atoms. The average molecular weight is 426 g/mol. The lowest BCUT2D eigenvalue weighted by atomic mass is 9.93. The third-order valence-electron chi connectivity index (χ3n) is 7.26. The van der Waals surface area contributed by atoms with Crippen molar-refractivity contribution in [2.24, 2.45) is 18.9 Å². The standard InChI is InChI=1S/C25H35N3O3/c1-17-18(2)27(3)23-7-6-21(14-22(17)23)25(30)28-10-4-5-20(16-28)13-24(29)26-15-19-8-11-31-12-9-19/h6-7,14,19-20H,4-5,8-13,15-16H2,1-3H3,(H,26,29)/t20-/m0/s1. The molecule has 2 amide bonds. The van der Waals surface area contributed by atoms with Gasteiger partial charge in [0.15, 0.2) is 0 Å². The van der Waals surface area contributed by atoms with E-state index in [4.69, 9.17) is 4.74 Å². The van der Waals surface area contributed by atoms with E-state index < -0.39 is 0 Å². The molecule has 3 heterocycles. The summed E-state index contributed by atoms with van der Waals surface area (Å²) in [5, 5.41) is 4.25. The molecule has 6 nitrogen and oxygen atoms in total. The molecule has 2 fully saturated rings. The number of hydrogen-bond acceptors (Lipinski definition) is 3. The first-order chi connectivity index (χ1) is 14.9. The van der Waals surface area contributed by atoms with Crippen molar-refractivity contribution in [1.29, 1.82) is 0 Å². The van der Waals surface area contributed by atoms with Crippen LogP contribution in [0.25, 0.3) is 10.9 Å². The summed E-state index contributed by atoms with van der Waals surface area (Å²) in [5.74, 6) is 0.955. The second kappa shape index (κ2) is 9.43. The number of aromatic nitrogens is 1. The topological polar surface area (TPSA) is 63.6 Å². The van der Waals surface area contributed by atoms with Crippen LogP contribution < -0.4 is 5.32 Å². The largest absolute Gasteiger partial charge is 0.381 e. The highest BCUT2D eigenvalue weighted by molar-refractivity contribution is 5.99. The van der Waals surface area contributed by atoms with Crippen LogP contribution in [0, 0.1) is 25.7 Å². The predicted molar refractivity (Wildman–Crippen MR) is 122 cm³/mol. The zero-order chi connectivity index (χ0) is 22.0. The molecule has 0 aliphatic carbocycles. The van der Waals surface area contributed by atoms with Crippen molar-refractivity contribution in [2.75, 3.05) is 32.8 Å². The molecule has 168 valence electrons. The van der Waals surface area contributed by atoms with E-state index in [-0.39, 0.29) is 17.7 Å². The fourth-order valence-electron chi connectivity index (χ4n) is 5.03. The Morgan fingerprint density at radius 2 is 1.90 bits per heavy atom. The predicted octanol–water partition coefficient (Wildman–Crippen LogP) is 3.58. The highest BCUT2D eigenvalue weighted by Crippen LogP contribution is 2.27. The van der Waals surface area contributed by atoms with Crippen LogP contribution in [0.3, 0.4) is 0 Å². The van der Waals surface area contributed by atoms with Crippen molar-refractivity contribution in [3.05, 3.63) is 35.0 Å². The summed E-state index contributed by atoms with van der Waals surface area (Å²) in [6, 6.07) is 6.02. The fraction of sp³-hybridized carbons (Fsp3) is 0.600. The van der Waals surface area contributed by atoms with Crippen LogP contribution in [0.15, 0.2) is 18.2 Å². The van der Waals surface area contributed by atoms with Crippen molar-refractivity contribution >= 4 is 22.7 Å². The number of nitrogens with zero attached hydrogens (tertiary/aromatic N) is 2. The van der Waals surface area contributed by atoms with E-state index in [1.54, 1.807) is 0 Å². The number of aryl methyl sites for hydroxylation is 2. The van der Waals surface area contributed by atoms with Gasteiger partial charge in [0.1, 0.15) is 0 Å². The summed E-state index contributed by atoms with van der Waals surface area (Å²) in [4.78, 5) is 27.6. The number of carbonyl (C=O) groups excluding carboxylic acids is 2. The second-order valence-corrected chi connectivity index (χ2v) is 9.32. The highest BCUT2D eigenvalue weighted by atomic mass is 16.5. The Balaban J connectivity index is 1.35. The molecule has 1 N–H and O–H groups in total. The van der Waals surface area contributed by atoms with Crippen LogP contribution in [0.1, 0.15) is 53.7 Å². The molecule has 2 aromatic rings. The SMILES string of the molecule is Cc1c(C)n(C)c2ccc(C(=O)N3CCC[C@@H](CC(=O)NCC4CCOCC4)C3)cc12. The number of nitrogens with one attached hydrogen (secondary N) is 1. The first-order valence-electron chi connectivity index (χ1n) is 11.6. The molecule has 6 heteroatoms. The number of amides is 2. The lowest BCUT2D eigenvalue weighted by Gasteiger charge is -2.33. The van der Waals surface area contributed by atoms with Gasteiger partial charge in [-0.15, -0.1) is 0 Å². The maximum atomic E-state index is 13.2. The maximum Gasteiger partial charge on any atom is 0.253 e. The Bertz CT molecular complexity index is 959. The maximum absolute atomic E-state index is 13.2. The Hall–Kier alpha value is -2.34. The summed E-state index contributed by atoms with van der Waals surface area (Å²) in [6.45, 7) is 7.99. The van der Waals surface area contributed by atoms with Crippen LogP contribution in [-0.2, 0) is 16.6 Å². The summed E-state index contributed by atoms with van der Waals surface area (Å²) in [7, 11) is 2.06. The number of carbonyl (C=O) groups is 2. The zero-order valence-corrected chi connectivity index (χ0v) is 19.1. The monoisotopic (exact) mass is 425 g/mol. The van der Waals surface area contributed by atoms with Crippen LogP contribution in [0.5, 0.6) is 0 Å². The molecular formula is C25H35N3O3. The molecule has 0 unspecified atom stereocenters. The Morgan fingerprint density at radius 3 is 2.68 bits per heavy atom. The normalized spacial score (nSPS) is 20.2. The molecule has 2 aliphatic heterocycles. The molecule has 4 rings (SSSR count). The number of rotatable bonds is 5. The van der Waals surface area contributed by atoms with Crippen LogP contribution in [0.2, 0.25) is 0 Å². The van der Waals surface area contributed by atoms with E-state index in [1.165, 1.54) is 11.3 Å². The van der Waals surface area contributed by atoms with Gasteiger partial charge < -0.3 is 19.5 Å².